The summed E-state index contributed by atoms with van der Waals surface area (Å²) in [6.45, 7) is 4.82. The van der Waals surface area contributed by atoms with Gasteiger partial charge in [0.05, 0.1) is 36.0 Å². The lowest BCUT2D eigenvalue weighted by atomic mass is 10.1. The lowest BCUT2D eigenvalue weighted by Gasteiger charge is -2.16. The van der Waals surface area contributed by atoms with E-state index in [2.05, 4.69) is 16.9 Å². The normalized spacial score (nSPS) is 15.1. The van der Waals surface area contributed by atoms with Crippen LogP contribution in [-0.4, -0.2) is 32.4 Å². The first-order chi connectivity index (χ1) is 11.5. The fourth-order valence-electron chi connectivity index (χ4n) is 3.00. The van der Waals surface area contributed by atoms with Gasteiger partial charge in [-0.15, -0.1) is 0 Å². The maximum Gasteiger partial charge on any atom is 0.145 e. The lowest BCUT2D eigenvalue weighted by Crippen LogP contribution is -2.25. The highest BCUT2D eigenvalue weighted by Crippen LogP contribution is 2.29. The van der Waals surface area contributed by atoms with Gasteiger partial charge in [-0.3, -0.25) is 5.41 Å². The number of amidine groups is 1. The molecular formula is C18H18N4O2. The second-order valence-corrected chi connectivity index (χ2v) is 6.14. The maximum atomic E-state index is 10.4. The Hall–Kier alpha value is -3.02. The van der Waals surface area contributed by atoms with Crippen LogP contribution >= 0.6 is 0 Å². The van der Waals surface area contributed by atoms with Crippen LogP contribution in [-0.2, 0) is 6.54 Å². The van der Waals surface area contributed by atoms with Crippen LogP contribution < -0.4 is 0 Å². The number of aromatic nitrogens is 2. The summed E-state index contributed by atoms with van der Waals surface area (Å²) in [5.41, 5.74) is 4.54. The zero-order valence-electron chi connectivity index (χ0n) is 13.6. The van der Waals surface area contributed by atoms with E-state index in [0.29, 0.717) is 17.9 Å². The molecule has 0 saturated heterocycles. The molecule has 3 N–H and O–H groups in total. The van der Waals surface area contributed by atoms with Crippen molar-refractivity contribution in [3.63, 3.8) is 0 Å². The zero-order valence-corrected chi connectivity index (χ0v) is 13.6. The van der Waals surface area contributed by atoms with Crippen molar-refractivity contribution in [2.45, 2.75) is 20.4 Å². The van der Waals surface area contributed by atoms with E-state index in [1.807, 2.05) is 31.2 Å². The van der Waals surface area contributed by atoms with Crippen LogP contribution in [0, 0.1) is 19.3 Å². The molecule has 122 valence electrons. The Morgan fingerprint density at radius 2 is 2.12 bits per heavy atom. The number of furan rings is 1. The molecule has 24 heavy (non-hydrogen) atoms. The van der Waals surface area contributed by atoms with Crippen molar-refractivity contribution in [1.82, 2.24) is 14.9 Å². The number of aliphatic hydroxyl groups excluding tert-OH is 1. The molecule has 0 aliphatic carbocycles. The van der Waals surface area contributed by atoms with Crippen LogP contribution in [0.15, 0.2) is 40.7 Å². The molecule has 6 heteroatoms. The molecule has 0 saturated carbocycles. The third kappa shape index (κ3) is 2.27. The van der Waals surface area contributed by atoms with Crippen molar-refractivity contribution in [2.75, 3.05) is 6.54 Å². The number of fused-ring (bicyclic) bond motifs is 1. The van der Waals surface area contributed by atoms with Gasteiger partial charge in [-0.25, -0.2) is 4.98 Å². The van der Waals surface area contributed by atoms with Gasteiger partial charge in [-0.1, -0.05) is 0 Å². The van der Waals surface area contributed by atoms with E-state index in [4.69, 9.17) is 9.83 Å². The van der Waals surface area contributed by atoms with E-state index >= 15 is 0 Å². The van der Waals surface area contributed by atoms with E-state index in [9.17, 15) is 5.11 Å². The van der Waals surface area contributed by atoms with Gasteiger partial charge in [0.15, 0.2) is 0 Å². The molecular weight excluding hydrogens is 304 g/mol. The Morgan fingerprint density at radius 1 is 1.33 bits per heavy atom. The average Bonchev–Trinajstić information content (AvgIpc) is 3.22. The summed E-state index contributed by atoms with van der Waals surface area (Å²) in [4.78, 5) is 9.55. The first-order valence-electron chi connectivity index (χ1n) is 7.78. The Kier molecular flexibility index (Phi) is 3.19. The first kappa shape index (κ1) is 14.6. The topological polar surface area (TPSA) is 89.1 Å². The minimum absolute atomic E-state index is 0.152. The summed E-state index contributed by atoms with van der Waals surface area (Å²) < 4.78 is 5.33. The van der Waals surface area contributed by atoms with Gasteiger partial charge >= 0.3 is 0 Å². The molecule has 4 rings (SSSR count). The third-order valence-corrected chi connectivity index (χ3v) is 4.44. The first-order valence-corrected chi connectivity index (χ1v) is 7.78. The molecule has 1 aromatic carbocycles. The van der Waals surface area contributed by atoms with Gasteiger partial charge in [-0.05, 0) is 49.2 Å². The average molecular weight is 322 g/mol. The summed E-state index contributed by atoms with van der Waals surface area (Å²) in [5.74, 6) is 1.68. The van der Waals surface area contributed by atoms with Gasteiger partial charge in [0.1, 0.15) is 23.2 Å². The van der Waals surface area contributed by atoms with Crippen molar-refractivity contribution >= 4 is 22.4 Å². The van der Waals surface area contributed by atoms with Crippen LogP contribution in [0.5, 0.6) is 0 Å². The number of H-pyrrole nitrogens is 1. The second kappa shape index (κ2) is 5.26. The van der Waals surface area contributed by atoms with Crippen LogP contribution in [0.1, 0.15) is 22.7 Å². The number of aliphatic hydroxyl groups is 1. The van der Waals surface area contributed by atoms with Crippen LogP contribution in [0.25, 0.3) is 16.6 Å². The highest BCUT2D eigenvalue weighted by atomic mass is 16.3. The Balaban J connectivity index is 1.68. The molecule has 0 fully saturated rings. The van der Waals surface area contributed by atoms with Gasteiger partial charge < -0.3 is 19.4 Å². The predicted molar refractivity (Wildman–Crippen MR) is 92.0 cm³/mol. The minimum Gasteiger partial charge on any atom is -0.510 e. The van der Waals surface area contributed by atoms with Crippen molar-refractivity contribution in [1.29, 1.82) is 5.41 Å². The standard InChI is InChI=1S/C18H18N4O2/c1-10-6-13-14(7-11(10)2)21-18(20-13)16-15(23)9-22(17(16)19)8-12-4-3-5-24-12/h3-7,19,23H,8-9H2,1-2H3,(H,20,21). The van der Waals surface area contributed by atoms with E-state index < -0.39 is 0 Å². The summed E-state index contributed by atoms with van der Waals surface area (Å²) in [7, 11) is 0. The number of nitrogens with zero attached hydrogens (tertiary/aromatic N) is 2. The molecule has 6 nitrogen and oxygen atoms in total. The molecule has 0 amide bonds. The molecule has 0 spiro atoms. The van der Waals surface area contributed by atoms with E-state index in [-0.39, 0.29) is 18.1 Å². The van der Waals surface area contributed by atoms with Crippen molar-refractivity contribution in [3.05, 3.63) is 59.0 Å². The number of nitrogens with one attached hydrogen (secondary N) is 2. The molecule has 0 radical (unpaired) electrons. The largest absolute Gasteiger partial charge is 0.510 e. The zero-order chi connectivity index (χ0) is 16.8. The van der Waals surface area contributed by atoms with E-state index in [1.54, 1.807) is 11.2 Å². The third-order valence-electron chi connectivity index (χ3n) is 4.44. The fraction of sp³-hybridized carbons (Fsp3) is 0.222. The van der Waals surface area contributed by atoms with Gasteiger partial charge in [-0.2, -0.15) is 0 Å². The molecule has 1 aliphatic heterocycles. The molecule has 0 unspecified atom stereocenters. The molecule has 0 atom stereocenters. The highest BCUT2D eigenvalue weighted by Gasteiger charge is 2.30. The number of hydrogen-bond donors (Lipinski definition) is 3. The number of aromatic amines is 1. The molecule has 0 bridgehead atoms. The molecule has 3 heterocycles. The Bertz CT molecular complexity index is 927. The fourth-order valence-corrected chi connectivity index (χ4v) is 3.00. The smallest absolute Gasteiger partial charge is 0.145 e. The number of hydrogen-bond acceptors (Lipinski definition) is 4. The Labute approximate surface area is 138 Å². The van der Waals surface area contributed by atoms with E-state index in [0.717, 1.165) is 16.8 Å². The summed E-state index contributed by atoms with van der Waals surface area (Å²) in [5, 5.41) is 18.8. The lowest BCUT2D eigenvalue weighted by molar-refractivity contribution is 0.328. The number of benzene rings is 1. The molecule has 1 aliphatic rings. The van der Waals surface area contributed by atoms with Gasteiger partial charge in [0, 0.05) is 0 Å². The highest BCUT2D eigenvalue weighted by molar-refractivity contribution is 6.23. The molecule has 2 aromatic heterocycles. The minimum atomic E-state index is 0.152. The van der Waals surface area contributed by atoms with Crippen LogP contribution in [0.3, 0.4) is 0 Å². The van der Waals surface area contributed by atoms with Crippen molar-refractivity contribution in [2.24, 2.45) is 0 Å². The van der Waals surface area contributed by atoms with E-state index in [1.165, 1.54) is 11.1 Å². The van der Waals surface area contributed by atoms with Gasteiger partial charge in [0.2, 0.25) is 0 Å². The monoisotopic (exact) mass is 322 g/mol. The summed E-state index contributed by atoms with van der Waals surface area (Å²) in [6, 6.07) is 7.72. The summed E-state index contributed by atoms with van der Waals surface area (Å²) >= 11 is 0. The predicted octanol–water partition coefficient (Wildman–Crippen LogP) is 3.53. The van der Waals surface area contributed by atoms with Crippen LogP contribution in [0.2, 0.25) is 0 Å². The Morgan fingerprint density at radius 3 is 2.88 bits per heavy atom. The van der Waals surface area contributed by atoms with Crippen molar-refractivity contribution < 1.29 is 9.52 Å². The molecule has 3 aromatic rings. The van der Waals surface area contributed by atoms with Crippen molar-refractivity contribution in [3.8, 4) is 0 Å². The SMILES string of the molecule is Cc1cc2nc(C3=C(O)CN(Cc4ccco4)C3=N)[nH]c2cc1C. The van der Waals surface area contributed by atoms with Crippen LogP contribution in [0.4, 0.5) is 0 Å². The number of imidazole rings is 1. The summed E-state index contributed by atoms with van der Waals surface area (Å²) in [6.07, 6.45) is 1.60. The quantitative estimate of drug-likeness (QED) is 0.688. The number of rotatable bonds is 3. The second-order valence-electron chi connectivity index (χ2n) is 6.14. The maximum absolute atomic E-state index is 10.4. The number of aryl methyl sites for hydroxylation is 2. The van der Waals surface area contributed by atoms with Gasteiger partial charge in [0.25, 0.3) is 0 Å².